The van der Waals surface area contributed by atoms with Gasteiger partial charge in [0, 0.05) is 37.7 Å². The Hall–Kier alpha value is -2.13. The van der Waals surface area contributed by atoms with Crippen molar-refractivity contribution in [2.24, 2.45) is 0 Å². The Labute approximate surface area is 167 Å². The number of carbonyl (C=O) groups is 1. The zero-order valence-corrected chi connectivity index (χ0v) is 16.6. The summed E-state index contributed by atoms with van der Waals surface area (Å²) < 4.78 is 27.2. The fourth-order valence-electron chi connectivity index (χ4n) is 3.50. The molecular formula is C19H25F2N5OS. The second-order valence-corrected chi connectivity index (χ2v) is 7.54. The third-order valence-electron chi connectivity index (χ3n) is 4.95. The Morgan fingerprint density at radius 3 is 2.82 bits per heavy atom. The number of aryl methyl sites for hydroxylation is 1. The van der Waals surface area contributed by atoms with E-state index in [0.717, 1.165) is 11.1 Å². The molecule has 1 amide bonds. The monoisotopic (exact) mass is 409 g/mol. The second kappa shape index (κ2) is 9.38. The van der Waals surface area contributed by atoms with Gasteiger partial charge in [-0.25, -0.2) is 8.78 Å². The first-order valence-electron chi connectivity index (χ1n) is 9.44. The molecular weight excluding hydrogens is 384 g/mol. The van der Waals surface area contributed by atoms with E-state index in [1.54, 1.807) is 4.90 Å². The van der Waals surface area contributed by atoms with Crippen molar-refractivity contribution in [2.75, 3.05) is 19.6 Å². The number of halogens is 2. The Morgan fingerprint density at radius 1 is 1.39 bits per heavy atom. The molecule has 0 unspecified atom stereocenters. The van der Waals surface area contributed by atoms with Crippen LogP contribution in [-0.2, 0) is 11.3 Å². The number of hydrogen-bond donors (Lipinski definition) is 2. The van der Waals surface area contributed by atoms with E-state index in [1.807, 2.05) is 35.8 Å². The molecule has 3 rings (SSSR count). The fourth-order valence-corrected chi connectivity index (χ4v) is 3.72. The van der Waals surface area contributed by atoms with Crippen molar-refractivity contribution < 1.29 is 13.6 Å². The second-order valence-electron chi connectivity index (χ2n) is 7.16. The Morgan fingerprint density at radius 2 is 2.14 bits per heavy atom. The fraction of sp³-hybridized carbons (Fsp3) is 0.526. The number of likely N-dealkylation sites (tertiary alicyclic amines) is 1. The summed E-state index contributed by atoms with van der Waals surface area (Å²) in [5, 5.41) is 10.1. The topological polar surface area (TPSA) is 66.0 Å². The molecule has 28 heavy (non-hydrogen) atoms. The van der Waals surface area contributed by atoms with E-state index in [4.69, 9.17) is 12.2 Å². The first kappa shape index (κ1) is 20.6. The highest BCUT2D eigenvalue weighted by molar-refractivity contribution is 7.71. The van der Waals surface area contributed by atoms with E-state index >= 15 is 0 Å². The molecule has 1 aromatic carbocycles. The van der Waals surface area contributed by atoms with Crippen LogP contribution in [0.1, 0.15) is 24.8 Å². The summed E-state index contributed by atoms with van der Waals surface area (Å²) in [5.74, 6) is 0.646. The molecule has 2 aromatic rings. The molecule has 2 N–H and O–H groups in total. The number of benzene rings is 1. The number of nitrogens with one attached hydrogen (secondary N) is 2. The average molecular weight is 410 g/mol. The van der Waals surface area contributed by atoms with E-state index in [0.29, 0.717) is 43.1 Å². The maximum atomic E-state index is 12.4. The van der Waals surface area contributed by atoms with Gasteiger partial charge in [-0.1, -0.05) is 23.8 Å². The summed E-state index contributed by atoms with van der Waals surface area (Å²) in [6.45, 7) is 3.41. The van der Waals surface area contributed by atoms with E-state index in [2.05, 4.69) is 15.5 Å². The van der Waals surface area contributed by atoms with Gasteiger partial charge in [-0.05, 0) is 38.0 Å². The summed E-state index contributed by atoms with van der Waals surface area (Å²) >= 11 is 5.31. The van der Waals surface area contributed by atoms with Crippen LogP contribution >= 0.6 is 12.2 Å². The standard InChI is InChI=1S/C19H25F2N5OS/c1-13-3-2-4-14(11-13)18-23-24-19(28)26(18)10-7-17(27)22-15-5-8-25(9-6-15)12-16(20)21/h2-4,11,15-16H,5-10,12H2,1H3,(H,22,27)(H,24,28). The molecule has 0 saturated carbocycles. The van der Waals surface area contributed by atoms with Crippen molar-refractivity contribution in [3.63, 3.8) is 0 Å². The highest BCUT2D eigenvalue weighted by atomic mass is 32.1. The molecule has 1 aromatic heterocycles. The molecule has 9 heteroatoms. The lowest BCUT2D eigenvalue weighted by atomic mass is 10.0. The number of piperidine rings is 1. The highest BCUT2D eigenvalue weighted by Gasteiger charge is 2.22. The van der Waals surface area contributed by atoms with Crippen molar-refractivity contribution in [1.82, 2.24) is 25.0 Å². The van der Waals surface area contributed by atoms with Gasteiger partial charge in [-0.15, -0.1) is 0 Å². The number of nitrogens with zero attached hydrogens (tertiary/aromatic N) is 3. The number of hydrogen-bond acceptors (Lipinski definition) is 4. The normalized spacial score (nSPS) is 15.9. The van der Waals surface area contributed by atoms with Crippen LogP contribution in [-0.4, -0.2) is 57.7 Å². The van der Waals surface area contributed by atoms with Crippen molar-refractivity contribution in [2.45, 2.75) is 45.2 Å². The van der Waals surface area contributed by atoms with Crippen molar-refractivity contribution in [3.8, 4) is 11.4 Å². The molecule has 0 radical (unpaired) electrons. The lowest BCUT2D eigenvalue weighted by Gasteiger charge is -2.32. The van der Waals surface area contributed by atoms with E-state index in [1.165, 1.54) is 0 Å². The maximum absolute atomic E-state index is 12.4. The number of rotatable bonds is 7. The molecule has 152 valence electrons. The number of amides is 1. The van der Waals surface area contributed by atoms with Crippen molar-refractivity contribution >= 4 is 18.1 Å². The van der Waals surface area contributed by atoms with Crippen LogP contribution in [0.15, 0.2) is 24.3 Å². The SMILES string of the molecule is Cc1cccc(-c2n[nH]c(=S)n2CCC(=O)NC2CCN(CC(F)F)CC2)c1. The molecule has 1 aliphatic rings. The minimum absolute atomic E-state index is 0.0370. The highest BCUT2D eigenvalue weighted by Crippen LogP contribution is 2.19. The third-order valence-corrected chi connectivity index (χ3v) is 5.26. The van der Waals surface area contributed by atoms with E-state index < -0.39 is 6.43 Å². The minimum Gasteiger partial charge on any atom is -0.353 e. The maximum Gasteiger partial charge on any atom is 0.251 e. The third kappa shape index (κ3) is 5.45. The first-order chi connectivity index (χ1) is 13.4. The number of aromatic nitrogens is 3. The number of aromatic amines is 1. The summed E-state index contributed by atoms with van der Waals surface area (Å²) in [6.07, 6.45) is -0.645. The summed E-state index contributed by atoms with van der Waals surface area (Å²) in [7, 11) is 0. The van der Waals surface area contributed by atoms with Crippen LogP contribution in [0.2, 0.25) is 0 Å². The van der Waals surface area contributed by atoms with Crippen LogP contribution in [0.5, 0.6) is 0 Å². The van der Waals surface area contributed by atoms with Gasteiger partial charge in [-0.3, -0.25) is 19.4 Å². The van der Waals surface area contributed by atoms with Crippen LogP contribution in [0, 0.1) is 11.7 Å². The molecule has 6 nitrogen and oxygen atoms in total. The Kier molecular flexibility index (Phi) is 6.90. The van der Waals surface area contributed by atoms with Gasteiger partial charge in [0.15, 0.2) is 10.6 Å². The first-order valence-corrected chi connectivity index (χ1v) is 9.85. The van der Waals surface area contributed by atoms with Crippen LogP contribution in [0.3, 0.4) is 0 Å². The zero-order valence-electron chi connectivity index (χ0n) is 15.8. The summed E-state index contributed by atoms with van der Waals surface area (Å²) in [6, 6.07) is 7.99. The lowest BCUT2D eigenvalue weighted by Crippen LogP contribution is -2.45. The average Bonchev–Trinajstić information content (AvgIpc) is 3.02. The number of carbonyl (C=O) groups excluding carboxylic acids is 1. The molecule has 0 aliphatic carbocycles. The van der Waals surface area contributed by atoms with Gasteiger partial charge in [0.05, 0.1) is 6.54 Å². The van der Waals surface area contributed by atoms with Gasteiger partial charge in [0.1, 0.15) is 0 Å². The number of H-pyrrole nitrogens is 1. The van der Waals surface area contributed by atoms with Gasteiger partial charge in [-0.2, -0.15) is 5.10 Å². The quantitative estimate of drug-likeness (QED) is 0.690. The minimum atomic E-state index is -2.31. The molecule has 0 atom stereocenters. The molecule has 1 aliphatic heterocycles. The largest absolute Gasteiger partial charge is 0.353 e. The lowest BCUT2D eigenvalue weighted by molar-refractivity contribution is -0.122. The van der Waals surface area contributed by atoms with E-state index in [9.17, 15) is 13.6 Å². The van der Waals surface area contributed by atoms with Gasteiger partial charge >= 0.3 is 0 Å². The van der Waals surface area contributed by atoms with Crippen molar-refractivity contribution in [3.05, 3.63) is 34.6 Å². The molecule has 2 heterocycles. The molecule has 1 saturated heterocycles. The summed E-state index contributed by atoms with van der Waals surface area (Å²) in [5.41, 5.74) is 2.06. The van der Waals surface area contributed by atoms with Gasteiger partial charge in [0.25, 0.3) is 6.43 Å². The molecule has 0 spiro atoms. The Bertz CT molecular complexity index is 858. The number of alkyl halides is 2. The molecule has 1 fully saturated rings. The van der Waals surface area contributed by atoms with Crippen molar-refractivity contribution in [1.29, 1.82) is 0 Å². The van der Waals surface area contributed by atoms with Crippen LogP contribution < -0.4 is 5.32 Å². The van der Waals surface area contributed by atoms with Crippen LogP contribution in [0.25, 0.3) is 11.4 Å². The van der Waals surface area contributed by atoms with Gasteiger partial charge in [0.2, 0.25) is 5.91 Å². The zero-order chi connectivity index (χ0) is 20.1. The Balaban J connectivity index is 1.53. The smallest absolute Gasteiger partial charge is 0.251 e. The summed E-state index contributed by atoms with van der Waals surface area (Å²) in [4.78, 5) is 14.1. The molecule has 0 bridgehead atoms. The predicted molar refractivity (Wildman–Crippen MR) is 106 cm³/mol. The van der Waals surface area contributed by atoms with E-state index in [-0.39, 0.29) is 24.9 Å². The van der Waals surface area contributed by atoms with Crippen LogP contribution in [0.4, 0.5) is 8.78 Å². The van der Waals surface area contributed by atoms with Gasteiger partial charge < -0.3 is 5.32 Å². The predicted octanol–water partition coefficient (Wildman–Crippen LogP) is 3.15.